The van der Waals surface area contributed by atoms with Crippen LogP contribution in [0.2, 0.25) is 0 Å². The van der Waals surface area contributed by atoms with Crippen LogP contribution in [0.15, 0.2) is 48.7 Å². The van der Waals surface area contributed by atoms with Crippen molar-refractivity contribution in [3.63, 3.8) is 0 Å². The van der Waals surface area contributed by atoms with Gasteiger partial charge in [0.05, 0.1) is 59.4 Å². The molecule has 0 aliphatic carbocycles. The number of alkyl carbamates (subject to hydrolysis) is 2. The maximum atomic E-state index is 14.0. The van der Waals surface area contributed by atoms with E-state index in [1.165, 1.54) is 21.3 Å². The highest BCUT2D eigenvalue weighted by Crippen LogP contribution is 2.44. The fraction of sp³-hybridized carbons (Fsp3) is 0.442. The minimum Gasteiger partial charge on any atom is -0.488 e. The fourth-order valence-corrected chi connectivity index (χ4v) is 10.3. The van der Waals surface area contributed by atoms with Crippen molar-refractivity contribution in [2.45, 2.75) is 97.3 Å². The quantitative estimate of drug-likeness (QED) is 0.0621. The number of nitrogens with zero attached hydrogens (tertiary/aromatic N) is 4. The molecule has 0 saturated carbocycles. The lowest BCUT2D eigenvalue weighted by atomic mass is 9.92. The number of nitrogens with one attached hydrogen (secondary N) is 4. The monoisotopic (exact) mass is 1060 g/mol. The maximum absolute atomic E-state index is 14.0. The molecule has 5 aromatic rings. The smallest absolute Gasteiger partial charge is 0.407 e. The van der Waals surface area contributed by atoms with E-state index in [2.05, 4.69) is 96.1 Å². The number of aromatic amines is 2. The van der Waals surface area contributed by atoms with E-state index in [0.717, 1.165) is 74.8 Å². The van der Waals surface area contributed by atoms with E-state index in [9.17, 15) is 19.2 Å². The Labute approximate surface area is 379 Å². The number of rotatable bonds is 10. The number of likely N-dealkylation sites (tertiary alicyclic amines) is 2. The molecule has 0 radical (unpaired) electrons. The number of carbonyl (C=O) groups is 4. The highest BCUT2D eigenvalue weighted by Gasteiger charge is 2.44. The number of imidazole rings is 2. The number of carbonyl (C=O) groups excluding carboxylic acids is 4. The van der Waals surface area contributed by atoms with E-state index in [4.69, 9.17) is 28.9 Å². The number of hydrogen-bond donors (Lipinski definition) is 4. The zero-order valence-corrected chi connectivity index (χ0v) is 38.9. The topological polar surface area (TPSA) is 193 Å². The molecule has 1 unspecified atom stereocenters. The summed E-state index contributed by atoms with van der Waals surface area (Å²) in [6.45, 7) is 6.00. The summed E-state index contributed by atoms with van der Waals surface area (Å²) in [5.74, 6) is 1.70. The van der Waals surface area contributed by atoms with Crippen molar-refractivity contribution in [1.82, 2.24) is 40.4 Å². The van der Waals surface area contributed by atoms with Gasteiger partial charge in [-0.15, -0.1) is 0 Å². The summed E-state index contributed by atoms with van der Waals surface area (Å²) < 4.78 is 21.3. The van der Waals surface area contributed by atoms with Crippen LogP contribution in [0.25, 0.3) is 44.2 Å². The Morgan fingerprint density at radius 1 is 0.852 bits per heavy atom. The largest absolute Gasteiger partial charge is 0.488 e. The summed E-state index contributed by atoms with van der Waals surface area (Å²) in [6.07, 6.45) is 2.90. The molecule has 322 valence electrons. The van der Waals surface area contributed by atoms with Crippen molar-refractivity contribution in [2.24, 2.45) is 0 Å². The van der Waals surface area contributed by atoms with Gasteiger partial charge >= 0.3 is 12.2 Å². The summed E-state index contributed by atoms with van der Waals surface area (Å²) in [5.41, 5.74) is 6.49. The summed E-state index contributed by atoms with van der Waals surface area (Å²) in [6, 6.07) is 12.2. The third-order valence-corrected chi connectivity index (χ3v) is 14.1. The molecule has 0 bridgehead atoms. The van der Waals surface area contributed by atoms with E-state index in [0.29, 0.717) is 24.7 Å². The van der Waals surface area contributed by atoms with Crippen molar-refractivity contribution < 1.29 is 38.1 Å². The van der Waals surface area contributed by atoms with Crippen LogP contribution in [0.1, 0.15) is 75.8 Å². The lowest BCUT2D eigenvalue weighted by Crippen LogP contribution is -2.55. The highest BCUT2D eigenvalue weighted by molar-refractivity contribution is 14.1. The Morgan fingerprint density at radius 2 is 1.56 bits per heavy atom. The number of alkyl halides is 2. The summed E-state index contributed by atoms with van der Waals surface area (Å²) in [5, 5.41) is 7.30. The van der Waals surface area contributed by atoms with Gasteiger partial charge in [-0.25, -0.2) is 19.6 Å². The van der Waals surface area contributed by atoms with Crippen molar-refractivity contribution in [2.75, 3.05) is 21.3 Å². The van der Waals surface area contributed by atoms with Crippen LogP contribution in [-0.4, -0.2) is 107 Å². The van der Waals surface area contributed by atoms with Gasteiger partial charge in [-0.2, -0.15) is 0 Å². The summed E-state index contributed by atoms with van der Waals surface area (Å²) in [4.78, 5) is 72.7. The molecule has 4 N–H and O–H groups in total. The first-order valence-corrected chi connectivity index (χ1v) is 22.7. The first-order valence-electron chi connectivity index (χ1n) is 20.2. The van der Waals surface area contributed by atoms with E-state index in [1.807, 2.05) is 30.9 Å². The Hall–Kier alpha value is -4.70. The lowest BCUT2D eigenvalue weighted by molar-refractivity contribution is -0.139. The van der Waals surface area contributed by atoms with Gasteiger partial charge in [0.1, 0.15) is 36.1 Å². The Balaban J connectivity index is 1.05. The SMILES string of the molecule is COC(=O)N[C@H](C(=O)N1[C@@H](I)CC[C@H]1c1ncc(-c2ccc3c(c2)COc2cc4c(ccc5[nH]c([C@@H]6CC[C@H](C)N6C(=O)[C@@H](NC(=O)OC)[C@H](C)OC)nc54)cc2-3)[nH]1)C(C)I. The second kappa shape index (κ2) is 17.6. The van der Waals surface area contributed by atoms with Gasteiger partial charge in [0, 0.05) is 28.0 Å². The number of H-pyrrole nitrogens is 2. The van der Waals surface area contributed by atoms with E-state index in [-0.39, 0.29) is 37.9 Å². The van der Waals surface area contributed by atoms with Crippen molar-refractivity contribution in [3.8, 4) is 28.1 Å². The number of benzene rings is 3. The minimum atomic E-state index is -0.935. The van der Waals surface area contributed by atoms with Gasteiger partial charge in [0.2, 0.25) is 11.8 Å². The van der Waals surface area contributed by atoms with E-state index >= 15 is 0 Å². The first kappa shape index (κ1) is 43.0. The number of amides is 4. The van der Waals surface area contributed by atoms with Crippen LogP contribution < -0.4 is 15.4 Å². The molecule has 8 atom stereocenters. The average molecular weight is 1060 g/mol. The van der Waals surface area contributed by atoms with Gasteiger partial charge in [0.25, 0.3) is 0 Å². The van der Waals surface area contributed by atoms with E-state index < -0.39 is 30.4 Å². The molecule has 16 nitrogen and oxygen atoms in total. The van der Waals surface area contributed by atoms with Crippen LogP contribution in [-0.2, 0) is 30.4 Å². The van der Waals surface area contributed by atoms with Gasteiger partial charge in [-0.1, -0.05) is 70.3 Å². The molecule has 61 heavy (non-hydrogen) atoms. The molecule has 8 rings (SSSR count). The predicted molar refractivity (Wildman–Crippen MR) is 244 cm³/mol. The fourth-order valence-electron chi connectivity index (χ4n) is 8.82. The standard InChI is InChI=1S/C43H48I2N8O8/c1-20-7-12-32(52(20)41(55)36(22(3)58-4)51-43(57)60-6)39-47-29-11-9-23-16-28-26-10-8-24(15-25(26)19-61-33(28)17-27(23)37(29)49-39)30-18-46-38(48-30)31-13-14-34(45)53(31)40(54)35(21(2)44)50-42(56)59-5/h8-11,15-18,20-22,31-32,34-36H,7,12-14,19H2,1-6H3,(H,46,48)(H,47,49)(H,50,56)(H,51,57)/t20-,21?,22-,31-,32-,34+,35-,36-/m0/s1. The van der Waals surface area contributed by atoms with Crippen LogP contribution in [0, 0.1) is 0 Å². The second-order valence-electron chi connectivity index (χ2n) is 15.8. The minimum absolute atomic E-state index is 0.0531. The molecule has 3 aliphatic heterocycles. The molecular weight excluding hydrogens is 1010 g/mol. The molecule has 5 heterocycles. The number of aromatic nitrogens is 4. The average Bonchev–Trinajstić information content (AvgIpc) is 4.08. The van der Waals surface area contributed by atoms with Crippen LogP contribution in [0.3, 0.4) is 0 Å². The number of ether oxygens (including phenoxy) is 4. The van der Waals surface area contributed by atoms with Crippen molar-refractivity contribution in [3.05, 3.63) is 65.9 Å². The summed E-state index contributed by atoms with van der Waals surface area (Å²) in [7, 11) is 4.05. The summed E-state index contributed by atoms with van der Waals surface area (Å²) >= 11 is 4.45. The predicted octanol–water partition coefficient (Wildman–Crippen LogP) is 7.45. The Morgan fingerprint density at radius 3 is 2.28 bits per heavy atom. The van der Waals surface area contributed by atoms with Gasteiger partial charge in [-0.3, -0.25) is 9.59 Å². The van der Waals surface area contributed by atoms with E-state index in [1.54, 1.807) is 18.0 Å². The number of hydrogen-bond acceptors (Lipinski definition) is 10. The normalized spacial score (nSPS) is 21.6. The second-order valence-corrected chi connectivity index (χ2v) is 19.2. The lowest BCUT2D eigenvalue weighted by Gasteiger charge is -2.33. The zero-order chi connectivity index (χ0) is 43.3. The third kappa shape index (κ3) is 8.10. The first-order chi connectivity index (χ1) is 29.3. The maximum Gasteiger partial charge on any atom is 0.407 e. The van der Waals surface area contributed by atoms with Crippen LogP contribution >= 0.6 is 45.2 Å². The van der Waals surface area contributed by atoms with Crippen LogP contribution in [0.4, 0.5) is 9.59 Å². The highest BCUT2D eigenvalue weighted by atomic mass is 127. The van der Waals surface area contributed by atoms with Gasteiger partial charge in [0.15, 0.2) is 0 Å². The molecule has 4 amide bonds. The molecule has 2 aromatic heterocycles. The Bertz CT molecular complexity index is 2510. The van der Waals surface area contributed by atoms with Crippen molar-refractivity contribution >= 4 is 91.0 Å². The zero-order valence-electron chi connectivity index (χ0n) is 34.6. The molecule has 18 heteroatoms. The third-order valence-electron chi connectivity index (χ3n) is 12.1. The molecule has 0 spiro atoms. The van der Waals surface area contributed by atoms with Gasteiger partial charge in [-0.05, 0) is 85.9 Å². The molecular formula is C43H48I2N8O8. The van der Waals surface area contributed by atoms with Gasteiger partial charge < -0.3 is 49.3 Å². The number of halogens is 2. The van der Waals surface area contributed by atoms with Crippen LogP contribution in [0.5, 0.6) is 5.75 Å². The Kier molecular flexibility index (Phi) is 12.4. The van der Waals surface area contributed by atoms with Crippen molar-refractivity contribution in [1.29, 1.82) is 0 Å². The molecule has 2 fully saturated rings. The molecule has 2 saturated heterocycles. The number of methoxy groups -OCH3 is 3. The molecule has 3 aliphatic rings. The molecule has 3 aromatic carbocycles. The number of fused-ring (bicyclic) bond motifs is 6.